The molecule has 1 atom stereocenters. The first-order valence-electron chi connectivity index (χ1n) is 6.16. The maximum Gasteiger partial charge on any atom is 0.0743 e. The molecule has 0 saturated carbocycles. The second-order valence-electron chi connectivity index (χ2n) is 4.56. The van der Waals surface area contributed by atoms with Crippen molar-refractivity contribution in [2.45, 2.75) is 58.0 Å². The minimum Gasteiger partial charge on any atom is -0.396 e. The van der Waals surface area contributed by atoms with Crippen molar-refractivity contribution in [2.24, 2.45) is 0 Å². The van der Waals surface area contributed by atoms with E-state index in [2.05, 4.69) is 12.2 Å². The standard InChI is InChI=1S/C12H27NO2/c1-3-8-12(2,15)11-13-9-6-4-5-7-10-14/h13-15H,3-11H2,1-2H3. The average molecular weight is 217 g/mol. The molecule has 0 aliphatic carbocycles. The van der Waals surface area contributed by atoms with Gasteiger partial charge in [0.05, 0.1) is 5.60 Å². The molecule has 0 aromatic carbocycles. The second-order valence-corrected chi connectivity index (χ2v) is 4.56. The van der Waals surface area contributed by atoms with Gasteiger partial charge in [0, 0.05) is 13.2 Å². The lowest BCUT2D eigenvalue weighted by atomic mass is 10.0. The summed E-state index contributed by atoms with van der Waals surface area (Å²) in [5.41, 5.74) is -0.556. The van der Waals surface area contributed by atoms with E-state index in [0.29, 0.717) is 13.2 Å². The first kappa shape index (κ1) is 14.9. The third-order valence-electron chi connectivity index (χ3n) is 2.56. The fourth-order valence-corrected chi connectivity index (χ4v) is 1.70. The minimum absolute atomic E-state index is 0.304. The van der Waals surface area contributed by atoms with Crippen LogP contribution in [0.3, 0.4) is 0 Å². The van der Waals surface area contributed by atoms with Crippen LogP contribution >= 0.6 is 0 Å². The van der Waals surface area contributed by atoms with E-state index >= 15 is 0 Å². The first-order valence-corrected chi connectivity index (χ1v) is 6.16. The molecule has 0 aliphatic heterocycles. The van der Waals surface area contributed by atoms with Crippen molar-refractivity contribution < 1.29 is 10.2 Å². The molecule has 0 aromatic heterocycles. The summed E-state index contributed by atoms with van der Waals surface area (Å²) in [4.78, 5) is 0. The molecule has 0 spiro atoms. The zero-order chi connectivity index (χ0) is 11.6. The lowest BCUT2D eigenvalue weighted by Crippen LogP contribution is -2.37. The highest BCUT2D eigenvalue weighted by Gasteiger charge is 2.17. The zero-order valence-electron chi connectivity index (χ0n) is 10.3. The van der Waals surface area contributed by atoms with Gasteiger partial charge in [0.2, 0.25) is 0 Å². The van der Waals surface area contributed by atoms with E-state index in [1.54, 1.807) is 0 Å². The number of rotatable bonds is 10. The zero-order valence-corrected chi connectivity index (χ0v) is 10.3. The Morgan fingerprint density at radius 2 is 1.80 bits per heavy atom. The molecule has 0 fully saturated rings. The van der Waals surface area contributed by atoms with Crippen molar-refractivity contribution in [3.8, 4) is 0 Å². The molecule has 15 heavy (non-hydrogen) atoms. The maximum absolute atomic E-state index is 9.86. The van der Waals surface area contributed by atoms with Crippen molar-refractivity contribution in [3.63, 3.8) is 0 Å². The summed E-state index contributed by atoms with van der Waals surface area (Å²) in [6, 6.07) is 0. The third-order valence-corrected chi connectivity index (χ3v) is 2.56. The molecule has 3 nitrogen and oxygen atoms in total. The number of hydrogen-bond acceptors (Lipinski definition) is 3. The highest BCUT2D eigenvalue weighted by molar-refractivity contribution is 4.74. The second kappa shape index (κ2) is 9.13. The highest BCUT2D eigenvalue weighted by atomic mass is 16.3. The van der Waals surface area contributed by atoms with E-state index in [1.165, 1.54) is 0 Å². The monoisotopic (exact) mass is 217 g/mol. The lowest BCUT2D eigenvalue weighted by molar-refractivity contribution is 0.0502. The molecular formula is C12H27NO2. The van der Waals surface area contributed by atoms with Crippen molar-refractivity contribution in [3.05, 3.63) is 0 Å². The SMILES string of the molecule is CCCC(C)(O)CNCCCCCCO. The smallest absolute Gasteiger partial charge is 0.0743 e. The molecule has 0 aliphatic rings. The number of aliphatic hydroxyl groups excluding tert-OH is 1. The Labute approximate surface area is 93.9 Å². The van der Waals surface area contributed by atoms with Crippen LogP contribution in [0, 0.1) is 0 Å². The maximum atomic E-state index is 9.86. The van der Waals surface area contributed by atoms with Crippen LogP contribution in [0.25, 0.3) is 0 Å². The van der Waals surface area contributed by atoms with Crippen LogP contribution in [0.1, 0.15) is 52.4 Å². The summed E-state index contributed by atoms with van der Waals surface area (Å²) in [7, 11) is 0. The fraction of sp³-hybridized carbons (Fsp3) is 1.00. The van der Waals surface area contributed by atoms with Gasteiger partial charge in [-0.1, -0.05) is 26.2 Å². The molecule has 3 N–H and O–H groups in total. The molecular weight excluding hydrogens is 190 g/mol. The minimum atomic E-state index is -0.556. The van der Waals surface area contributed by atoms with Gasteiger partial charge in [-0.3, -0.25) is 0 Å². The van der Waals surface area contributed by atoms with Gasteiger partial charge in [0.1, 0.15) is 0 Å². The van der Waals surface area contributed by atoms with Gasteiger partial charge in [0.15, 0.2) is 0 Å². The van der Waals surface area contributed by atoms with Crippen LogP contribution < -0.4 is 5.32 Å². The topological polar surface area (TPSA) is 52.5 Å². The Balaban J connectivity index is 3.22. The first-order chi connectivity index (χ1) is 7.12. The van der Waals surface area contributed by atoms with Gasteiger partial charge < -0.3 is 15.5 Å². The largest absolute Gasteiger partial charge is 0.396 e. The molecule has 3 heteroatoms. The Kier molecular flexibility index (Phi) is 9.06. The van der Waals surface area contributed by atoms with Gasteiger partial charge in [-0.05, 0) is 32.7 Å². The summed E-state index contributed by atoms with van der Waals surface area (Å²) in [5, 5.41) is 21.7. The van der Waals surface area contributed by atoms with E-state index in [9.17, 15) is 5.11 Å². The lowest BCUT2D eigenvalue weighted by Gasteiger charge is -2.22. The quantitative estimate of drug-likeness (QED) is 0.488. The normalized spacial score (nSPS) is 15.2. The van der Waals surface area contributed by atoms with Gasteiger partial charge in [0.25, 0.3) is 0 Å². The Hall–Kier alpha value is -0.120. The molecule has 0 saturated heterocycles. The van der Waals surface area contributed by atoms with Crippen LogP contribution in [0.15, 0.2) is 0 Å². The summed E-state index contributed by atoms with van der Waals surface area (Å²) in [5.74, 6) is 0. The molecule has 0 aromatic rings. The number of hydrogen-bond donors (Lipinski definition) is 3. The molecule has 0 heterocycles. The Morgan fingerprint density at radius 1 is 1.13 bits per heavy atom. The Bertz CT molecular complexity index is 138. The van der Waals surface area contributed by atoms with Crippen molar-refractivity contribution in [1.29, 1.82) is 0 Å². The van der Waals surface area contributed by atoms with Gasteiger partial charge >= 0.3 is 0 Å². The average Bonchev–Trinajstić information content (AvgIpc) is 2.16. The van der Waals surface area contributed by atoms with Crippen LogP contribution in [-0.2, 0) is 0 Å². The molecule has 0 radical (unpaired) electrons. The molecule has 0 bridgehead atoms. The van der Waals surface area contributed by atoms with Gasteiger partial charge in [-0.15, -0.1) is 0 Å². The van der Waals surface area contributed by atoms with Crippen molar-refractivity contribution >= 4 is 0 Å². The highest BCUT2D eigenvalue weighted by Crippen LogP contribution is 2.09. The van der Waals surface area contributed by atoms with E-state index in [-0.39, 0.29) is 0 Å². The Morgan fingerprint density at radius 3 is 2.40 bits per heavy atom. The molecule has 0 rings (SSSR count). The summed E-state index contributed by atoms with van der Waals surface area (Å²) in [6.45, 7) is 5.92. The van der Waals surface area contributed by atoms with Crippen LogP contribution in [0.4, 0.5) is 0 Å². The van der Waals surface area contributed by atoms with Crippen molar-refractivity contribution in [2.75, 3.05) is 19.7 Å². The fourth-order valence-electron chi connectivity index (χ4n) is 1.70. The van der Waals surface area contributed by atoms with Crippen LogP contribution in [-0.4, -0.2) is 35.5 Å². The summed E-state index contributed by atoms with van der Waals surface area (Å²) >= 11 is 0. The third kappa shape index (κ3) is 10.2. The number of aliphatic hydroxyl groups is 2. The van der Waals surface area contributed by atoms with Gasteiger partial charge in [-0.2, -0.15) is 0 Å². The molecule has 0 amide bonds. The molecule has 1 unspecified atom stereocenters. The predicted octanol–water partition coefficient (Wildman–Crippen LogP) is 1.68. The van der Waals surface area contributed by atoms with Crippen LogP contribution in [0.2, 0.25) is 0 Å². The number of nitrogens with one attached hydrogen (secondary N) is 1. The predicted molar refractivity (Wildman–Crippen MR) is 64.0 cm³/mol. The van der Waals surface area contributed by atoms with E-state index in [4.69, 9.17) is 5.11 Å². The molecule has 92 valence electrons. The van der Waals surface area contributed by atoms with Crippen molar-refractivity contribution in [1.82, 2.24) is 5.32 Å². The van der Waals surface area contributed by atoms with E-state index in [1.807, 2.05) is 6.92 Å². The number of unbranched alkanes of at least 4 members (excludes halogenated alkanes) is 3. The van der Waals surface area contributed by atoms with E-state index < -0.39 is 5.60 Å². The summed E-state index contributed by atoms with van der Waals surface area (Å²) in [6.07, 6.45) is 6.17. The van der Waals surface area contributed by atoms with Gasteiger partial charge in [-0.25, -0.2) is 0 Å². The summed E-state index contributed by atoms with van der Waals surface area (Å²) < 4.78 is 0. The van der Waals surface area contributed by atoms with Crippen LogP contribution in [0.5, 0.6) is 0 Å². The van der Waals surface area contributed by atoms with E-state index in [0.717, 1.165) is 45.1 Å².